The fourth-order valence-corrected chi connectivity index (χ4v) is 1.70. The number of aromatic nitrogens is 1. The van der Waals surface area contributed by atoms with Crippen molar-refractivity contribution >= 4 is 11.7 Å². The van der Waals surface area contributed by atoms with Gasteiger partial charge in [0.2, 0.25) is 5.88 Å². The number of hydrogen-bond donors (Lipinski definition) is 1. The number of ether oxygens (including phenoxy) is 1. The summed E-state index contributed by atoms with van der Waals surface area (Å²) in [5.41, 5.74) is 0.509. The summed E-state index contributed by atoms with van der Waals surface area (Å²) in [7, 11) is 0. The summed E-state index contributed by atoms with van der Waals surface area (Å²) in [6.07, 6.45) is 0.548. The predicted octanol–water partition coefficient (Wildman–Crippen LogP) is 3.04. The lowest BCUT2D eigenvalue weighted by atomic mass is 10.2. The topological polar surface area (TPSA) is 103 Å². The Labute approximate surface area is 120 Å². The van der Waals surface area contributed by atoms with Gasteiger partial charge in [-0.05, 0) is 18.6 Å². The van der Waals surface area contributed by atoms with Crippen molar-refractivity contribution in [3.63, 3.8) is 0 Å². The minimum absolute atomic E-state index is 0.0577. The largest absolute Gasteiger partial charge is 0.478 e. The molecule has 0 spiro atoms. The molecule has 2 rings (SSSR count). The van der Waals surface area contributed by atoms with Crippen molar-refractivity contribution in [2.45, 2.75) is 13.3 Å². The number of benzene rings is 1. The smallest absolute Gasteiger partial charge is 0.335 e. The number of carboxylic acids is 1. The summed E-state index contributed by atoms with van der Waals surface area (Å²) in [6.45, 7) is 1.84. The molecule has 7 heteroatoms. The molecular weight excluding hydrogens is 276 g/mol. The first kappa shape index (κ1) is 14.4. The summed E-state index contributed by atoms with van der Waals surface area (Å²) in [6, 6.07) is 8.35. The van der Waals surface area contributed by atoms with Gasteiger partial charge in [-0.2, -0.15) is 0 Å². The van der Waals surface area contributed by atoms with Gasteiger partial charge in [-0.1, -0.05) is 13.0 Å². The van der Waals surface area contributed by atoms with E-state index in [-0.39, 0.29) is 22.9 Å². The molecule has 0 aliphatic heterocycles. The number of carboxylic acid groups (broad SMARTS) is 1. The van der Waals surface area contributed by atoms with Crippen LogP contribution in [0.5, 0.6) is 11.6 Å². The molecular formula is C14H12N2O5. The Morgan fingerprint density at radius 1 is 1.38 bits per heavy atom. The Kier molecular flexibility index (Phi) is 4.13. The van der Waals surface area contributed by atoms with Gasteiger partial charge in [0.05, 0.1) is 16.6 Å². The van der Waals surface area contributed by atoms with Gasteiger partial charge in [-0.15, -0.1) is 0 Å². The van der Waals surface area contributed by atoms with Crippen LogP contribution in [0.4, 0.5) is 5.69 Å². The third-order valence-corrected chi connectivity index (χ3v) is 2.71. The van der Waals surface area contributed by atoms with Crippen LogP contribution in [0, 0.1) is 10.1 Å². The number of carbonyl (C=O) groups is 1. The lowest BCUT2D eigenvalue weighted by molar-refractivity contribution is -0.384. The number of nitro groups is 1. The van der Waals surface area contributed by atoms with E-state index in [1.54, 1.807) is 0 Å². The Morgan fingerprint density at radius 3 is 2.76 bits per heavy atom. The molecule has 0 saturated carbocycles. The molecule has 0 radical (unpaired) electrons. The van der Waals surface area contributed by atoms with E-state index in [0.29, 0.717) is 12.1 Å². The minimum Gasteiger partial charge on any atom is -0.478 e. The SMILES string of the molecule is CCc1cc(C(=O)O)cc(Oc2cccc([N+](=O)[O-])c2)n1. The van der Waals surface area contributed by atoms with E-state index in [4.69, 9.17) is 9.84 Å². The van der Waals surface area contributed by atoms with Crippen molar-refractivity contribution in [2.75, 3.05) is 0 Å². The summed E-state index contributed by atoms with van der Waals surface area (Å²) < 4.78 is 5.42. The maximum atomic E-state index is 11.0. The highest BCUT2D eigenvalue weighted by molar-refractivity contribution is 5.88. The second-order valence-corrected chi connectivity index (χ2v) is 4.20. The first-order chi connectivity index (χ1) is 9.99. The van der Waals surface area contributed by atoms with Crippen LogP contribution in [0.1, 0.15) is 23.0 Å². The van der Waals surface area contributed by atoms with Crippen LogP contribution in [-0.4, -0.2) is 21.0 Å². The van der Waals surface area contributed by atoms with Crippen LogP contribution in [0.25, 0.3) is 0 Å². The highest BCUT2D eigenvalue weighted by Crippen LogP contribution is 2.25. The van der Waals surface area contributed by atoms with E-state index in [0.717, 1.165) is 0 Å². The number of aromatic carboxylic acids is 1. The maximum Gasteiger partial charge on any atom is 0.335 e. The second kappa shape index (κ2) is 6.00. The molecule has 1 aromatic carbocycles. The zero-order chi connectivity index (χ0) is 15.4. The quantitative estimate of drug-likeness (QED) is 0.670. The summed E-state index contributed by atoms with van der Waals surface area (Å²) >= 11 is 0. The fourth-order valence-electron chi connectivity index (χ4n) is 1.70. The van der Waals surface area contributed by atoms with E-state index in [1.807, 2.05) is 6.92 Å². The highest BCUT2D eigenvalue weighted by atomic mass is 16.6. The normalized spacial score (nSPS) is 10.1. The maximum absolute atomic E-state index is 11.0. The summed E-state index contributed by atoms with van der Waals surface area (Å²) in [5.74, 6) is -0.774. The van der Waals surface area contributed by atoms with Crippen molar-refractivity contribution in [3.05, 3.63) is 57.8 Å². The molecule has 0 bridgehead atoms. The Morgan fingerprint density at radius 2 is 2.14 bits per heavy atom. The van der Waals surface area contributed by atoms with E-state index in [2.05, 4.69) is 4.98 Å². The van der Waals surface area contributed by atoms with Gasteiger partial charge in [0.1, 0.15) is 5.75 Å². The van der Waals surface area contributed by atoms with Crippen LogP contribution < -0.4 is 4.74 Å². The van der Waals surface area contributed by atoms with Crippen molar-refractivity contribution in [2.24, 2.45) is 0 Å². The number of non-ortho nitro benzene ring substituents is 1. The monoisotopic (exact) mass is 288 g/mol. The average molecular weight is 288 g/mol. The second-order valence-electron chi connectivity index (χ2n) is 4.20. The molecule has 21 heavy (non-hydrogen) atoms. The van der Waals surface area contributed by atoms with Crippen LogP contribution >= 0.6 is 0 Å². The molecule has 1 aromatic heterocycles. The number of aryl methyl sites for hydroxylation is 1. The molecule has 0 amide bonds. The van der Waals surface area contributed by atoms with E-state index < -0.39 is 10.9 Å². The summed E-state index contributed by atoms with van der Waals surface area (Å²) in [4.78, 5) is 25.4. The van der Waals surface area contributed by atoms with Gasteiger partial charge in [-0.3, -0.25) is 10.1 Å². The molecule has 0 unspecified atom stereocenters. The standard InChI is InChI=1S/C14H12N2O5/c1-2-10-6-9(14(17)18)7-13(15-10)21-12-5-3-4-11(8-12)16(19)20/h3-8H,2H2,1H3,(H,17,18). The van der Waals surface area contributed by atoms with Crippen LogP contribution in [0.2, 0.25) is 0 Å². The van der Waals surface area contributed by atoms with E-state index in [9.17, 15) is 14.9 Å². The fraction of sp³-hybridized carbons (Fsp3) is 0.143. The lowest BCUT2D eigenvalue weighted by Crippen LogP contribution is -2.01. The average Bonchev–Trinajstić information content (AvgIpc) is 2.47. The van der Waals surface area contributed by atoms with Crippen molar-refractivity contribution < 1.29 is 19.6 Å². The van der Waals surface area contributed by atoms with E-state index >= 15 is 0 Å². The number of rotatable bonds is 5. The molecule has 1 N–H and O–H groups in total. The first-order valence-corrected chi connectivity index (χ1v) is 6.16. The number of nitro benzene ring substituents is 1. The molecule has 0 fully saturated rings. The third-order valence-electron chi connectivity index (χ3n) is 2.71. The predicted molar refractivity (Wildman–Crippen MR) is 73.7 cm³/mol. The summed E-state index contributed by atoms with van der Waals surface area (Å²) in [5, 5.41) is 19.7. The van der Waals surface area contributed by atoms with Crippen molar-refractivity contribution in [3.8, 4) is 11.6 Å². The number of pyridine rings is 1. The van der Waals surface area contributed by atoms with E-state index in [1.165, 1.54) is 36.4 Å². The number of hydrogen-bond acceptors (Lipinski definition) is 5. The highest BCUT2D eigenvalue weighted by Gasteiger charge is 2.11. The first-order valence-electron chi connectivity index (χ1n) is 6.16. The molecule has 2 aromatic rings. The molecule has 7 nitrogen and oxygen atoms in total. The van der Waals surface area contributed by atoms with Gasteiger partial charge < -0.3 is 9.84 Å². The Bertz CT molecular complexity index is 700. The number of nitrogens with zero attached hydrogens (tertiary/aromatic N) is 2. The van der Waals surface area contributed by atoms with Crippen molar-refractivity contribution in [1.82, 2.24) is 4.98 Å². The molecule has 0 aliphatic rings. The lowest BCUT2D eigenvalue weighted by Gasteiger charge is -2.07. The molecule has 0 aliphatic carbocycles. The van der Waals surface area contributed by atoms with Gasteiger partial charge in [0, 0.05) is 17.8 Å². The van der Waals surface area contributed by atoms with Crippen LogP contribution in [0.15, 0.2) is 36.4 Å². The van der Waals surface area contributed by atoms with Crippen LogP contribution in [-0.2, 0) is 6.42 Å². The Hall–Kier alpha value is -2.96. The zero-order valence-electron chi connectivity index (χ0n) is 11.1. The Balaban J connectivity index is 2.34. The molecule has 108 valence electrons. The molecule has 0 atom stereocenters. The zero-order valence-corrected chi connectivity index (χ0v) is 11.1. The molecule has 1 heterocycles. The molecule has 0 saturated heterocycles. The van der Waals surface area contributed by atoms with Gasteiger partial charge >= 0.3 is 5.97 Å². The van der Waals surface area contributed by atoms with Gasteiger partial charge in [0.15, 0.2) is 0 Å². The van der Waals surface area contributed by atoms with Gasteiger partial charge in [0.25, 0.3) is 5.69 Å². The van der Waals surface area contributed by atoms with Crippen LogP contribution in [0.3, 0.4) is 0 Å². The van der Waals surface area contributed by atoms with Gasteiger partial charge in [-0.25, -0.2) is 9.78 Å². The third kappa shape index (κ3) is 3.53. The van der Waals surface area contributed by atoms with Crippen molar-refractivity contribution in [1.29, 1.82) is 0 Å². The minimum atomic E-state index is -1.09.